The van der Waals surface area contributed by atoms with Crippen molar-refractivity contribution < 1.29 is 14.3 Å². The lowest BCUT2D eigenvalue weighted by Gasteiger charge is -2.24. The monoisotopic (exact) mass is 346 g/mol. The van der Waals surface area contributed by atoms with Crippen molar-refractivity contribution in [1.29, 1.82) is 0 Å². The largest absolute Gasteiger partial charge is 0.489 e. The summed E-state index contributed by atoms with van der Waals surface area (Å²) in [6.45, 7) is 12.6. The van der Waals surface area contributed by atoms with E-state index in [-0.39, 0.29) is 12.1 Å². The number of carbonyl (C=O) groups excluding carboxylic acids is 1. The normalized spacial score (nSPS) is 13.2. The van der Waals surface area contributed by atoms with Crippen LogP contribution in [0.3, 0.4) is 0 Å². The highest BCUT2D eigenvalue weighted by molar-refractivity contribution is 5.86. The number of aryl methyl sites for hydroxylation is 1. The molecule has 0 saturated heterocycles. The van der Waals surface area contributed by atoms with E-state index in [0.717, 1.165) is 22.3 Å². The summed E-state index contributed by atoms with van der Waals surface area (Å²) < 4.78 is 11.7. The third-order valence-corrected chi connectivity index (χ3v) is 3.82. The number of nitrogens with one attached hydrogen (secondary N) is 2. The lowest BCUT2D eigenvalue weighted by Crippen LogP contribution is -2.40. The minimum Gasteiger partial charge on any atom is -0.489 e. The molecule has 0 aliphatic carbocycles. The average molecular weight is 346 g/mol. The Kier molecular flexibility index (Phi) is 6.11. The molecule has 2 rings (SSSR count). The molecule has 0 radical (unpaired) electrons. The Bertz CT molecular complexity index is 713. The van der Waals surface area contributed by atoms with Gasteiger partial charge in [-0.3, -0.25) is 4.79 Å². The first kappa shape index (κ1) is 19.3. The average Bonchev–Trinajstić information content (AvgIpc) is 2.89. The molecule has 0 bridgehead atoms. The topological polar surface area (TPSA) is 63.4 Å². The summed E-state index contributed by atoms with van der Waals surface area (Å²) in [4.78, 5) is 15.5. The molecular weight excluding hydrogens is 316 g/mol. The maximum atomic E-state index is 12.2. The Morgan fingerprint density at radius 3 is 2.64 bits per heavy atom. The van der Waals surface area contributed by atoms with E-state index in [1.54, 1.807) is 0 Å². The van der Waals surface area contributed by atoms with Crippen molar-refractivity contribution in [3.05, 3.63) is 30.0 Å². The Morgan fingerprint density at radius 2 is 2.00 bits per heavy atom. The van der Waals surface area contributed by atoms with Crippen LogP contribution in [0.1, 0.15) is 40.3 Å². The number of hydrogen-bond donors (Lipinski definition) is 2. The standard InChI is InChI=1S/C20H30N2O3/c1-13(2)21-11-15(25-19(23)20(4,5)6)12-24-18-9-7-8-17-16(18)10-14(3)22-17/h7-10,13,15,21-22H,11-12H2,1-6H3. The van der Waals surface area contributed by atoms with Crippen LogP contribution in [0.15, 0.2) is 24.3 Å². The third-order valence-electron chi connectivity index (χ3n) is 3.82. The third kappa shape index (κ3) is 5.49. The first-order valence-electron chi connectivity index (χ1n) is 8.82. The van der Waals surface area contributed by atoms with Crippen LogP contribution in [0.25, 0.3) is 10.9 Å². The molecule has 2 N–H and O–H groups in total. The summed E-state index contributed by atoms with van der Waals surface area (Å²) in [6, 6.07) is 8.29. The summed E-state index contributed by atoms with van der Waals surface area (Å²) in [5.41, 5.74) is 1.59. The quantitative estimate of drug-likeness (QED) is 0.748. The highest BCUT2D eigenvalue weighted by atomic mass is 16.6. The van der Waals surface area contributed by atoms with E-state index in [1.807, 2.05) is 45.9 Å². The van der Waals surface area contributed by atoms with Crippen molar-refractivity contribution in [3.8, 4) is 5.75 Å². The number of H-pyrrole nitrogens is 1. The highest BCUT2D eigenvalue weighted by Gasteiger charge is 2.27. The van der Waals surface area contributed by atoms with Crippen molar-refractivity contribution in [2.75, 3.05) is 13.2 Å². The van der Waals surface area contributed by atoms with Gasteiger partial charge in [0, 0.05) is 29.2 Å². The van der Waals surface area contributed by atoms with Crippen molar-refractivity contribution >= 4 is 16.9 Å². The molecule has 0 amide bonds. The number of hydrogen-bond acceptors (Lipinski definition) is 4. The van der Waals surface area contributed by atoms with E-state index in [0.29, 0.717) is 19.2 Å². The van der Waals surface area contributed by atoms with Gasteiger partial charge in [0.05, 0.1) is 5.41 Å². The fraction of sp³-hybridized carbons (Fsp3) is 0.550. The Morgan fingerprint density at radius 1 is 1.28 bits per heavy atom. The SMILES string of the molecule is Cc1cc2c(OCC(CNC(C)C)OC(=O)C(C)(C)C)cccc2[nH]1. The van der Waals surface area contributed by atoms with E-state index < -0.39 is 5.41 Å². The minimum absolute atomic E-state index is 0.220. The molecule has 5 nitrogen and oxygen atoms in total. The molecule has 5 heteroatoms. The number of esters is 1. The number of rotatable bonds is 7. The summed E-state index contributed by atoms with van der Waals surface area (Å²) in [7, 11) is 0. The van der Waals surface area contributed by atoms with E-state index in [4.69, 9.17) is 9.47 Å². The highest BCUT2D eigenvalue weighted by Crippen LogP contribution is 2.26. The number of benzene rings is 1. The number of ether oxygens (including phenoxy) is 2. The molecule has 0 saturated carbocycles. The van der Waals surface area contributed by atoms with Gasteiger partial charge in [-0.05, 0) is 45.9 Å². The van der Waals surface area contributed by atoms with Crippen LogP contribution < -0.4 is 10.1 Å². The molecule has 0 fully saturated rings. The molecule has 138 valence electrons. The van der Waals surface area contributed by atoms with Gasteiger partial charge in [0.25, 0.3) is 0 Å². The molecule has 0 aliphatic rings. The first-order valence-corrected chi connectivity index (χ1v) is 8.82. The summed E-state index contributed by atoms with van der Waals surface area (Å²) in [5.74, 6) is 0.575. The van der Waals surface area contributed by atoms with Gasteiger partial charge in [0.15, 0.2) is 0 Å². The maximum Gasteiger partial charge on any atom is 0.311 e. The van der Waals surface area contributed by atoms with E-state index in [9.17, 15) is 4.79 Å². The molecule has 0 spiro atoms. The molecular formula is C20H30N2O3. The zero-order valence-corrected chi connectivity index (χ0v) is 16.1. The number of aromatic nitrogens is 1. The lowest BCUT2D eigenvalue weighted by molar-refractivity contribution is -0.159. The fourth-order valence-electron chi connectivity index (χ4n) is 2.41. The van der Waals surface area contributed by atoms with E-state index in [2.05, 4.69) is 30.2 Å². The predicted molar refractivity (Wildman–Crippen MR) is 101 cm³/mol. The first-order chi connectivity index (χ1) is 11.7. The Balaban J connectivity index is 2.08. The molecule has 1 aromatic carbocycles. The van der Waals surface area contributed by atoms with E-state index in [1.165, 1.54) is 0 Å². The van der Waals surface area contributed by atoms with Crippen LogP contribution in [0.5, 0.6) is 5.75 Å². The van der Waals surface area contributed by atoms with Crippen molar-refractivity contribution in [2.45, 2.75) is 53.7 Å². The van der Waals surface area contributed by atoms with Gasteiger partial charge >= 0.3 is 5.97 Å². The Hall–Kier alpha value is -2.01. The van der Waals surface area contributed by atoms with Gasteiger partial charge in [-0.2, -0.15) is 0 Å². The number of carbonyl (C=O) groups is 1. The van der Waals surface area contributed by atoms with Crippen molar-refractivity contribution in [3.63, 3.8) is 0 Å². The van der Waals surface area contributed by atoms with Crippen LogP contribution in [0.4, 0.5) is 0 Å². The van der Waals surface area contributed by atoms with Gasteiger partial charge < -0.3 is 19.8 Å². The lowest BCUT2D eigenvalue weighted by atomic mass is 9.97. The van der Waals surface area contributed by atoms with Crippen LogP contribution in [0, 0.1) is 12.3 Å². The molecule has 1 atom stereocenters. The van der Waals surface area contributed by atoms with E-state index >= 15 is 0 Å². The van der Waals surface area contributed by atoms with Gasteiger partial charge in [0.1, 0.15) is 18.5 Å². The van der Waals surface area contributed by atoms with Crippen LogP contribution >= 0.6 is 0 Å². The maximum absolute atomic E-state index is 12.2. The second-order valence-electron chi connectivity index (χ2n) is 7.82. The van der Waals surface area contributed by atoms with Crippen LogP contribution in [-0.4, -0.2) is 36.3 Å². The summed E-state index contributed by atoms with van der Waals surface area (Å²) in [5, 5.41) is 4.36. The molecule has 2 aromatic rings. The van der Waals surface area contributed by atoms with Crippen LogP contribution in [0.2, 0.25) is 0 Å². The predicted octanol–water partition coefficient (Wildman–Crippen LogP) is 3.81. The van der Waals surface area contributed by atoms with Crippen molar-refractivity contribution in [1.82, 2.24) is 10.3 Å². The molecule has 0 aliphatic heterocycles. The zero-order chi connectivity index (χ0) is 18.6. The Labute approximate surface area is 150 Å². The molecule has 1 aromatic heterocycles. The van der Waals surface area contributed by atoms with Gasteiger partial charge in [-0.15, -0.1) is 0 Å². The zero-order valence-electron chi connectivity index (χ0n) is 16.1. The smallest absolute Gasteiger partial charge is 0.311 e. The number of aromatic amines is 1. The number of fused-ring (bicyclic) bond motifs is 1. The van der Waals surface area contributed by atoms with Gasteiger partial charge in [0.2, 0.25) is 0 Å². The van der Waals surface area contributed by atoms with Gasteiger partial charge in [-0.25, -0.2) is 0 Å². The van der Waals surface area contributed by atoms with Gasteiger partial charge in [-0.1, -0.05) is 19.9 Å². The molecule has 1 heterocycles. The fourth-order valence-corrected chi connectivity index (χ4v) is 2.41. The second-order valence-corrected chi connectivity index (χ2v) is 7.82. The second kappa shape index (κ2) is 7.91. The van der Waals surface area contributed by atoms with Crippen molar-refractivity contribution in [2.24, 2.45) is 5.41 Å². The van der Waals surface area contributed by atoms with Crippen LogP contribution in [-0.2, 0) is 9.53 Å². The minimum atomic E-state index is -0.534. The molecule has 25 heavy (non-hydrogen) atoms. The molecule has 1 unspecified atom stereocenters. The summed E-state index contributed by atoms with van der Waals surface area (Å²) in [6.07, 6.45) is -0.343. The summed E-state index contributed by atoms with van der Waals surface area (Å²) >= 11 is 0.